The van der Waals surface area contributed by atoms with Crippen LogP contribution in [0, 0.1) is 13.8 Å². The van der Waals surface area contributed by atoms with Gasteiger partial charge in [0.25, 0.3) is 0 Å². The molecule has 1 aromatic carbocycles. The third kappa shape index (κ3) is 3.09. The quantitative estimate of drug-likeness (QED) is 0.915. The lowest BCUT2D eigenvalue weighted by Gasteiger charge is -2.11. The molecule has 1 atom stereocenters. The van der Waals surface area contributed by atoms with Crippen molar-refractivity contribution in [3.05, 3.63) is 63.9 Å². The molecule has 3 heteroatoms. The van der Waals surface area contributed by atoms with E-state index in [9.17, 15) is 5.11 Å². The zero-order valence-electron chi connectivity index (χ0n) is 10.5. The average Bonchev–Trinajstić information content (AvgIpc) is 2.34. The lowest BCUT2D eigenvalue weighted by Crippen LogP contribution is -2.04. The van der Waals surface area contributed by atoms with Gasteiger partial charge in [0.1, 0.15) is 0 Å². The summed E-state index contributed by atoms with van der Waals surface area (Å²) in [5.74, 6) is 0. The zero-order valence-corrected chi connectivity index (χ0v) is 11.3. The Bertz CT molecular complexity index is 537. The molecule has 18 heavy (non-hydrogen) atoms. The molecule has 2 aromatic rings. The molecule has 1 aromatic heterocycles. The largest absolute Gasteiger partial charge is 0.386 e. The van der Waals surface area contributed by atoms with E-state index in [1.54, 1.807) is 18.3 Å². The number of halogens is 1. The Morgan fingerprint density at radius 2 is 1.94 bits per heavy atom. The summed E-state index contributed by atoms with van der Waals surface area (Å²) in [6, 6.07) is 9.73. The van der Waals surface area contributed by atoms with Gasteiger partial charge in [-0.05, 0) is 42.7 Å². The fraction of sp³-hybridized carbons (Fsp3) is 0.267. The van der Waals surface area contributed by atoms with Crippen LogP contribution in [-0.2, 0) is 6.42 Å². The predicted molar refractivity (Wildman–Crippen MR) is 73.8 cm³/mol. The molecule has 1 unspecified atom stereocenters. The number of aromatic nitrogens is 1. The van der Waals surface area contributed by atoms with Crippen molar-refractivity contribution < 1.29 is 5.11 Å². The SMILES string of the molecule is Cc1ccc(CC(O)c2ccc(Cl)cn2)cc1C. The second-order valence-electron chi connectivity index (χ2n) is 4.54. The minimum Gasteiger partial charge on any atom is -0.386 e. The highest BCUT2D eigenvalue weighted by Gasteiger charge is 2.10. The normalized spacial score (nSPS) is 12.4. The molecule has 0 saturated carbocycles. The molecule has 0 aliphatic heterocycles. The number of aryl methyl sites for hydroxylation is 2. The fourth-order valence-corrected chi connectivity index (χ4v) is 1.95. The second kappa shape index (κ2) is 5.51. The monoisotopic (exact) mass is 261 g/mol. The lowest BCUT2D eigenvalue weighted by molar-refractivity contribution is 0.173. The maximum atomic E-state index is 10.1. The maximum Gasteiger partial charge on any atom is 0.0999 e. The van der Waals surface area contributed by atoms with Gasteiger partial charge >= 0.3 is 0 Å². The Kier molecular flexibility index (Phi) is 4.00. The molecule has 1 N–H and O–H groups in total. The summed E-state index contributed by atoms with van der Waals surface area (Å²) in [7, 11) is 0. The van der Waals surface area contributed by atoms with E-state index in [0.29, 0.717) is 17.1 Å². The molecule has 0 saturated heterocycles. The van der Waals surface area contributed by atoms with Crippen LogP contribution >= 0.6 is 11.6 Å². The summed E-state index contributed by atoms with van der Waals surface area (Å²) in [4.78, 5) is 4.13. The van der Waals surface area contributed by atoms with Gasteiger partial charge in [-0.1, -0.05) is 29.8 Å². The molecule has 94 valence electrons. The molecule has 0 fully saturated rings. The van der Waals surface area contributed by atoms with Gasteiger partial charge in [0.2, 0.25) is 0 Å². The zero-order chi connectivity index (χ0) is 13.1. The highest BCUT2D eigenvalue weighted by Crippen LogP contribution is 2.19. The van der Waals surface area contributed by atoms with Crippen LogP contribution in [0.25, 0.3) is 0 Å². The van der Waals surface area contributed by atoms with Crippen LogP contribution in [0.3, 0.4) is 0 Å². The maximum absolute atomic E-state index is 10.1. The molecular formula is C15H16ClNO. The minimum atomic E-state index is -0.593. The second-order valence-corrected chi connectivity index (χ2v) is 4.98. The third-order valence-corrected chi connectivity index (χ3v) is 3.32. The number of benzene rings is 1. The highest BCUT2D eigenvalue weighted by molar-refractivity contribution is 6.30. The van der Waals surface area contributed by atoms with E-state index in [1.165, 1.54) is 11.1 Å². The van der Waals surface area contributed by atoms with Crippen molar-refractivity contribution in [1.82, 2.24) is 4.98 Å². The van der Waals surface area contributed by atoms with Crippen molar-refractivity contribution in [3.63, 3.8) is 0 Å². The van der Waals surface area contributed by atoms with Gasteiger partial charge in [-0.25, -0.2) is 0 Å². The lowest BCUT2D eigenvalue weighted by atomic mass is 10.0. The summed E-state index contributed by atoms with van der Waals surface area (Å²) in [6.45, 7) is 4.15. The Labute approximate surface area is 112 Å². The van der Waals surface area contributed by atoms with Crippen molar-refractivity contribution in [2.24, 2.45) is 0 Å². The van der Waals surface area contributed by atoms with Crippen LogP contribution in [0.4, 0.5) is 0 Å². The first-order chi connectivity index (χ1) is 8.56. The van der Waals surface area contributed by atoms with Crippen molar-refractivity contribution in [2.45, 2.75) is 26.4 Å². The van der Waals surface area contributed by atoms with Gasteiger partial charge < -0.3 is 5.11 Å². The van der Waals surface area contributed by atoms with E-state index in [2.05, 4.69) is 31.0 Å². The van der Waals surface area contributed by atoms with Gasteiger partial charge in [0.15, 0.2) is 0 Å². The molecule has 0 spiro atoms. The Morgan fingerprint density at radius 3 is 2.56 bits per heavy atom. The van der Waals surface area contributed by atoms with E-state index in [-0.39, 0.29) is 0 Å². The highest BCUT2D eigenvalue weighted by atomic mass is 35.5. The number of nitrogens with zero attached hydrogens (tertiary/aromatic N) is 1. The molecule has 0 aliphatic carbocycles. The van der Waals surface area contributed by atoms with Crippen molar-refractivity contribution in [2.75, 3.05) is 0 Å². The fourth-order valence-electron chi connectivity index (χ4n) is 1.84. The van der Waals surface area contributed by atoms with E-state index in [4.69, 9.17) is 11.6 Å². The molecule has 2 rings (SSSR count). The summed E-state index contributed by atoms with van der Waals surface area (Å²) in [5.41, 5.74) is 4.27. The van der Waals surface area contributed by atoms with Crippen molar-refractivity contribution in [1.29, 1.82) is 0 Å². The summed E-state index contributed by atoms with van der Waals surface area (Å²) >= 11 is 5.77. The molecule has 0 radical (unpaired) electrons. The summed E-state index contributed by atoms with van der Waals surface area (Å²) in [5, 5.41) is 10.7. The number of aliphatic hydroxyl groups excluding tert-OH is 1. The van der Waals surface area contributed by atoms with E-state index >= 15 is 0 Å². The number of rotatable bonds is 3. The minimum absolute atomic E-state index is 0.565. The first-order valence-electron chi connectivity index (χ1n) is 5.92. The van der Waals surface area contributed by atoms with Crippen LogP contribution < -0.4 is 0 Å². The third-order valence-electron chi connectivity index (χ3n) is 3.09. The Hall–Kier alpha value is -1.38. The Balaban J connectivity index is 2.13. The van der Waals surface area contributed by atoms with Crippen molar-refractivity contribution >= 4 is 11.6 Å². The van der Waals surface area contributed by atoms with Crippen LogP contribution in [0.5, 0.6) is 0 Å². The van der Waals surface area contributed by atoms with Crippen LogP contribution in [-0.4, -0.2) is 10.1 Å². The van der Waals surface area contributed by atoms with E-state index < -0.39 is 6.10 Å². The van der Waals surface area contributed by atoms with Gasteiger partial charge in [-0.2, -0.15) is 0 Å². The van der Waals surface area contributed by atoms with E-state index in [1.807, 2.05) is 6.07 Å². The summed E-state index contributed by atoms with van der Waals surface area (Å²) in [6.07, 6.45) is 1.53. The van der Waals surface area contributed by atoms with Crippen LogP contribution in [0.2, 0.25) is 5.02 Å². The van der Waals surface area contributed by atoms with Gasteiger partial charge in [0.05, 0.1) is 16.8 Å². The van der Waals surface area contributed by atoms with Gasteiger partial charge in [-0.15, -0.1) is 0 Å². The first-order valence-corrected chi connectivity index (χ1v) is 6.29. The van der Waals surface area contributed by atoms with Crippen LogP contribution in [0.1, 0.15) is 28.5 Å². The molecule has 1 heterocycles. The number of hydrogen-bond acceptors (Lipinski definition) is 2. The van der Waals surface area contributed by atoms with Crippen LogP contribution in [0.15, 0.2) is 36.5 Å². The number of aliphatic hydroxyl groups is 1. The molecular weight excluding hydrogens is 246 g/mol. The Morgan fingerprint density at radius 1 is 1.17 bits per heavy atom. The average molecular weight is 262 g/mol. The molecule has 2 nitrogen and oxygen atoms in total. The standard InChI is InChI=1S/C15H16ClNO/c1-10-3-4-12(7-11(10)2)8-15(18)14-6-5-13(16)9-17-14/h3-7,9,15,18H,8H2,1-2H3. The summed E-state index contributed by atoms with van der Waals surface area (Å²) < 4.78 is 0. The smallest absolute Gasteiger partial charge is 0.0999 e. The predicted octanol–water partition coefficient (Wildman–Crippen LogP) is 3.63. The molecule has 0 aliphatic rings. The molecule has 0 bridgehead atoms. The first kappa shape index (κ1) is 13.1. The number of hydrogen-bond donors (Lipinski definition) is 1. The van der Waals surface area contributed by atoms with Gasteiger partial charge in [-0.3, -0.25) is 4.98 Å². The number of pyridine rings is 1. The van der Waals surface area contributed by atoms with Crippen molar-refractivity contribution in [3.8, 4) is 0 Å². The van der Waals surface area contributed by atoms with E-state index in [0.717, 1.165) is 5.56 Å². The molecule has 0 amide bonds. The van der Waals surface area contributed by atoms with Gasteiger partial charge in [0, 0.05) is 12.6 Å². The topological polar surface area (TPSA) is 33.1 Å².